The minimum atomic E-state index is -3.47. The van der Waals surface area contributed by atoms with E-state index in [1.807, 2.05) is 6.07 Å². The first-order valence-corrected chi connectivity index (χ1v) is 6.72. The van der Waals surface area contributed by atoms with E-state index in [1.54, 1.807) is 18.2 Å². The van der Waals surface area contributed by atoms with Crippen LogP contribution in [0.2, 0.25) is 0 Å². The molecule has 0 aliphatic heterocycles. The highest BCUT2D eigenvalue weighted by Crippen LogP contribution is 2.49. The van der Waals surface area contributed by atoms with Crippen molar-refractivity contribution in [3.63, 3.8) is 0 Å². The van der Waals surface area contributed by atoms with E-state index in [2.05, 4.69) is 4.98 Å². The Morgan fingerprint density at radius 3 is 2.76 bits per heavy atom. The summed E-state index contributed by atoms with van der Waals surface area (Å²) in [5.74, 6) is 0. The largest absolute Gasteiger partial charge is 0.420 e. The molecule has 1 unspecified atom stereocenters. The van der Waals surface area contributed by atoms with Crippen LogP contribution in [0, 0.1) is 0 Å². The SMILES string of the molecule is COP(=O)(Oc1nc2ccccc2o1)C(C)=S. The van der Waals surface area contributed by atoms with Crippen LogP contribution in [-0.2, 0) is 9.09 Å². The molecule has 17 heavy (non-hydrogen) atoms. The summed E-state index contributed by atoms with van der Waals surface area (Å²) in [5.41, 5.74) is 1.17. The molecule has 1 atom stereocenters. The Kier molecular flexibility index (Phi) is 3.28. The molecule has 1 heterocycles. The molecule has 2 rings (SSSR count). The van der Waals surface area contributed by atoms with E-state index < -0.39 is 7.60 Å². The summed E-state index contributed by atoms with van der Waals surface area (Å²) in [5, 5.41) is 0. The van der Waals surface area contributed by atoms with Gasteiger partial charge in [0.15, 0.2) is 5.58 Å². The monoisotopic (exact) mass is 271 g/mol. The fourth-order valence-electron chi connectivity index (χ4n) is 1.22. The highest BCUT2D eigenvalue weighted by molar-refractivity contribution is 7.97. The van der Waals surface area contributed by atoms with E-state index in [0.717, 1.165) is 0 Å². The van der Waals surface area contributed by atoms with Gasteiger partial charge in [-0.3, -0.25) is 4.52 Å². The number of rotatable bonds is 4. The van der Waals surface area contributed by atoms with Crippen molar-refractivity contribution in [1.29, 1.82) is 0 Å². The molecule has 0 bridgehead atoms. The standard InChI is InChI=1S/C10H10NO4PS/c1-7(17)16(12,13-2)15-10-11-8-5-3-4-6-9(8)14-10/h3-6H,1-2H3. The first kappa shape index (κ1) is 12.2. The zero-order valence-corrected chi connectivity index (χ0v) is 11.0. The van der Waals surface area contributed by atoms with E-state index in [9.17, 15) is 4.57 Å². The van der Waals surface area contributed by atoms with Crippen molar-refractivity contribution in [2.45, 2.75) is 6.92 Å². The van der Waals surface area contributed by atoms with E-state index in [0.29, 0.717) is 11.1 Å². The molecular formula is C10H10NO4PS. The second-order valence-corrected chi connectivity index (χ2v) is 6.37. The van der Waals surface area contributed by atoms with E-state index in [4.69, 9.17) is 25.7 Å². The molecule has 0 spiro atoms. The van der Waals surface area contributed by atoms with Crippen molar-refractivity contribution >= 4 is 35.5 Å². The van der Waals surface area contributed by atoms with Crippen molar-refractivity contribution in [1.82, 2.24) is 4.98 Å². The smallest absolute Gasteiger partial charge is 0.409 e. The lowest BCUT2D eigenvalue weighted by Crippen LogP contribution is -2.01. The molecule has 0 fully saturated rings. The fourth-order valence-corrected chi connectivity index (χ4v) is 2.30. The van der Waals surface area contributed by atoms with Gasteiger partial charge in [0.2, 0.25) is 0 Å². The third-order valence-corrected chi connectivity index (χ3v) is 4.42. The molecule has 7 heteroatoms. The average Bonchev–Trinajstić information content (AvgIpc) is 2.70. The summed E-state index contributed by atoms with van der Waals surface area (Å²) < 4.78 is 27.3. The van der Waals surface area contributed by atoms with Crippen LogP contribution < -0.4 is 4.52 Å². The fraction of sp³-hybridized carbons (Fsp3) is 0.200. The molecule has 0 saturated carbocycles. The number of hydrogen-bond donors (Lipinski definition) is 0. The predicted octanol–water partition coefficient (Wildman–Crippen LogP) is 3.39. The molecule has 5 nitrogen and oxygen atoms in total. The van der Waals surface area contributed by atoms with Crippen molar-refractivity contribution in [3.05, 3.63) is 24.3 Å². The van der Waals surface area contributed by atoms with Crippen molar-refractivity contribution in [2.24, 2.45) is 0 Å². The summed E-state index contributed by atoms with van der Waals surface area (Å²) in [6, 6.07) is 7.11. The van der Waals surface area contributed by atoms with Crippen LogP contribution in [0.4, 0.5) is 0 Å². The number of thiocarbonyl (C=S) groups is 1. The zero-order chi connectivity index (χ0) is 12.5. The number of aromatic nitrogens is 1. The topological polar surface area (TPSA) is 61.6 Å². The normalized spacial score (nSPS) is 14.5. The van der Waals surface area contributed by atoms with E-state index in [1.165, 1.54) is 14.0 Å². The highest BCUT2D eigenvalue weighted by atomic mass is 32.1. The van der Waals surface area contributed by atoms with E-state index >= 15 is 0 Å². The molecule has 0 saturated heterocycles. The highest BCUT2D eigenvalue weighted by Gasteiger charge is 2.30. The van der Waals surface area contributed by atoms with Gasteiger partial charge in [-0.25, -0.2) is 4.57 Å². The quantitative estimate of drug-likeness (QED) is 0.627. The number of para-hydroxylation sites is 2. The van der Waals surface area contributed by atoms with Crippen LogP contribution in [0.3, 0.4) is 0 Å². The summed E-state index contributed by atoms with van der Waals surface area (Å²) in [6.45, 7) is 1.49. The Labute approximate surface area is 103 Å². The lowest BCUT2D eigenvalue weighted by atomic mass is 10.3. The Morgan fingerprint density at radius 2 is 2.18 bits per heavy atom. The van der Waals surface area contributed by atoms with Gasteiger partial charge < -0.3 is 8.94 Å². The van der Waals surface area contributed by atoms with Crippen LogP contribution >= 0.6 is 19.8 Å². The number of nitrogens with zero attached hydrogens (tertiary/aromatic N) is 1. The van der Waals surface area contributed by atoms with Gasteiger partial charge in [0.1, 0.15) is 10.1 Å². The van der Waals surface area contributed by atoms with Gasteiger partial charge in [0.25, 0.3) is 0 Å². The van der Waals surface area contributed by atoms with Crippen LogP contribution in [-0.4, -0.2) is 16.7 Å². The third-order valence-electron chi connectivity index (χ3n) is 2.10. The number of hydrogen-bond acceptors (Lipinski definition) is 6. The van der Waals surface area contributed by atoms with Gasteiger partial charge in [0.05, 0.1) is 0 Å². The lowest BCUT2D eigenvalue weighted by molar-refractivity contribution is 0.300. The molecule has 2 aromatic rings. The molecule has 0 N–H and O–H groups in total. The van der Waals surface area contributed by atoms with Crippen molar-refractivity contribution < 1.29 is 18.0 Å². The molecule has 1 aromatic heterocycles. The summed E-state index contributed by atoms with van der Waals surface area (Å²) >= 11 is 4.83. The molecule has 0 radical (unpaired) electrons. The van der Waals surface area contributed by atoms with Crippen molar-refractivity contribution in [2.75, 3.05) is 7.11 Å². The maximum atomic E-state index is 12.0. The van der Waals surface area contributed by atoms with Gasteiger partial charge in [-0.15, -0.1) is 0 Å². The lowest BCUT2D eigenvalue weighted by Gasteiger charge is -2.12. The molecule has 90 valence electrons. The number of fused-ring (bicyclic) bond motifs is 1. The second kappa shape index (κ2) is 4.56. The van der Waals surface area contributed by atoms with Crippen LogP contribution in [0.1, 0.15) is 6.92 Å². The first-order valence-electron chi connectivity index (χ1n) is 4.77. The Morgan fingerprint density at radius 1 is 1.47 bits per heavy atom. The molecular weight excluding hydrogens is 261 g/mol. The maximum Gasteiger partial charge on any atom is 0.420 e. The number of benzene rings is 1. The zero-order valence-electron chi connectivity index (χ0n) is 9.25. The average molecular weight is 271 g/mol. The van der Waals surface area contributed by atoms with E-state index in [-0.39, 0.29) is 10.7 Å². The van der Waals surface area contributed by atoms with Crippen molar-refractivity contribution in [3.8, 4) is 6.08 Å². The summed E-state index contributed by atoms with van der Waals surface area (Å²) in [4.78, 5) is 4.03. The second-order valence-electron chi connectivity index (χ2n) is 3.24. The van der Waals surface area contributed by atoms with Crippen LogP contribution in [0.15, 0.2) is 28.7 Å². The predicted molar refractivity (Wildman–Crippen MR) is 67.5 cm³/mol. The minimum Gasteiger partial charge on any atom is -0.409 e. The molecule has 0 aliphatic carbocycles. The third kappa shape index (κ3) is 2.39. The minimum absolute atomic E-state index is 0.111. The van der Waals surface area contributed by atoms with Gasteiger partial charge in [0, 0.05) is 7.11 Å². The van der Waals surface area contributed by atoms with Gasteiger partial charge in [-0.05, 0) is 19.1 Å². The molecule has 0 aliphatic rings. The first-order chi connectivity index (χ1) is 8.05. The van der Waals surface area contributed by atoms with Crippen LogP contribution in [0.25, 0.3) is 11.1 Å². The Bertz CT molecular complexity index is 576. The maximum absolute atomic E-state index is 12.0. The Hall–Kier alpha value is -1.23. The molecule has 0 amide bonds. The number of oxazole rings is 1. The molecule has 1 aromatic carbocycles. The van der Waals surface area contributed by atoms with Gasteiger partial charge in [-0.2, -0.15) is 4.98 Å². The summed E-state index contributed by atoms with van der Waals surface area (Å²) in [7, 11) is -2.21. The van der Waals surface area contributed by atoms with Gasteiger partial charge in [-0.1, -0.05) is 24.4 Å². The Balaban J connectivity index is 2.35. The van der Waals surface area contributed by atoms with Gasteiger partial charge >= 0.3 is 13.7 Å². The van der Waals surface area contributed by atoms with Crippen LogP contribution in [0.5, 0.6) is 6.08 Å². The summed E-state index contributed by atoms with van der Waals surface area (Å²) in [6.07, 6.45) is -0.111.